The molecule has 1 aliphatic heterocycles. The molecule has 0 unspecified atom stereocenters. The molecule has 1 aromatic heterocycles. The number of ether oxygens (including phenoxy) is 1. The van der Waals surface area contributed by atoms with Gasteiger partial charge in [0.1, 0.15) is 5.75 Å². The zero-order valence-corrected chi connectivity index (χ0v) is 15.0. The molecule has 24 heavy (non-hydrogen) atoms. The molecule has 0 atom stereocenters. The maximum absolute atomic E-state index is 12.4. The number of hydrogen-bond donors (Lipinski definition) is 1. The molecule has 0 saturated carbocycles. The smallest absolute Gasteiger partial charge is 0.257 e. The van der Waals surface area contributed by atoms with Crippen LogP contribution in [0.25, 0.3) is 0 Å². The highest BCUT2D eigenvalue weighted by Gasteiger charge is 2.19. The second kappa shape index (κ2) is 7.77. The first kappa shape index (κ1) is 16.9. The van der Waals surface area contributed by atoms with Gasteiger partial charge in [-0.15, -0.1) is 11.3 Å². The average molecular weight is 345 g/mol. The summed E-state index contributed by atoms with van der Waals surface area (Å²) in [5, 5.41) is 3.60. The Kier molecular flexibility index (Phi) is 5.48. The van der Waals surface area contributed by atoms with E-state index in [0.29, 0.717) is 17.3 Å². The van der Waals surface area contributed by atoms with Crippen molar-refractivity contribution in [3.8, 4) is 5.75 Å². The van der Waals surface area contributed by atoms with E-state index in [1.807, 2.05) is 12.1 Å². The molecule has 0 bridgehead atoms. The number of rotatable bonds is 6. The number of nitrogens with one attached hydrogen (secondary N) is 1. The summed E-state index contributed by atoms with van der Waals surface area (Å²) in [6, 6.07) is 7.26. The molecule has 0 aliphatic carbocycles. The van der Waals surface area contributed by atoms with Crippen molar-refractivity contribution in [2.24, 2.45) is 0 Å². The molecule has 6 heteroatoms. The van der Waals surface area contributed by atoms with E-state index < -0.39 is 0 Å². The summed E-state index contributed by atoms with van der Waals surface area (Å²) in [5.74, 6) is 0.669. The van der Waals surface area contributed by atoms with Crippen molar-refractivity contribution in [3.63, 3.8) is 0 Å². The number of benzene rings is 1. The number of aromatic nitrogens is 1. The van der Waals surface area contributed by atoms with E-state index in [4.69, 9.17) is 4.74 Å². The number of anilines is 1. The van der Waals surface area contributed by atoms with Crippen molar-refractivity contribution < 1.29 is 9.53 Å². The standard InChI is InChI=1S/C18H23N3O2S/c1-3-4-11-23-14-7-5-13(6-8-14)17(22)20-18-19-15-9-10-21(2)12-16(15)24-18/h5-8H,3-4,9-12H2,1-2H3,(H,19,20,22). The van der Waals surface area contributed by atoms with Gasteiger partial charge in [0.05, 0.1) is 12.3 Å². The SMILES string of the molecule is CCCCOc1ccc(C(=O)Nc2nc3c(s2)CN(C)CC3)cc1. The van der Waals surface area contributed by atoms with Gasteiger partial charge in [-0.1, -0.05) is 13.3 Å². The lowest BCUT2D eigenvalue weighted by Gasteiger charge is -2.20. The Labute approximate surface area is 146 Å². The lowest BCUT2D eigenvalue weighted by atomic mass is 10.2. The van der Waals surface area contributed by atoms with Gasteiger partial charge in [0.25, 0.3) is 5.91 Å². The van der Waals surface area contributed by atoms with Crippen molar-refractivity contribution >= 4 is 22.4 Å². The van der Waals surface area contributed by atoms with Crippen LogP contribution < -0.4 is 10.1 Å². The van der Waals surface area contributed by atoms with Gasteiger partial charge in [0.2, 0.25) is 0 Å². The Morgan fingerprint density at radius 1 is 1.38 bits per heavy atom. The van der Waals surface area contributed by atoms with E-state index in [2.05, 4.69) is 29.2 Å². The van der Waals surface area contributed by atoms with Crippen LogP contribution in [0.5, 0.6) is 5.75 Å². The van der Waals surface area contributed by atoms with Crippen LogP contribution in [0.1, 0.15) is 40.7 Å². The van der Waals surface area contributed by atoms with Crippen LogP contribution in [0.4, 0.5) is 5.13 Å². The van der Waals surface area contributed by atoms with Gasteiger partial charge in [0, 0.05) is 30.0 Å². The highest BCUT2D eigenvalue weighted by atomic mass is 32.1. The van der Waals surface area contributed by atoms with Gasteiger partial charge in [-0.05, 0) is 37.7 Å². The minimum Gasteiger partial charge on any atom is -0.494 e. The Bertz CT molecular complexity index is 697. The Hall–Kier alpha value is -1.92. The molecule has 5 nitrogen and oxygen atoms in total. The van der Waals surface area contributed by atoms with Gasteiger partial charge in [-0.3, -0.25) is 10.1 Å². The number of hydrogen-bond acceptors (Lipinski definition) is 5. The Morgan fingerprint density at radius 3 is 2.92 bits per heavy atom. The zero-order chi connectivity index (χ0) is 16.9. The normalized spacial score (nSPS) is 14.2. The van der Waals surface area contributed by atoms with E-state index in [1.54, 1.807) is 23.5 Å². The molecule has 2 aromatic rings. The second-order valence-corrected chi connectivity index (χ2v) is 7.14. The third-order valence-electron chi connectivity index (χ3n) is 4.03. The molecule has 0 saturated heterocycles. The largest absolute Gasteiger partial charge is 0.494 e. The van der Waals surface area contributed by atoms with Crippen LogP contribution in [0.2, 0.25) is 0 Å². The third-order valence-corrected chi connectivity index (χ3v) is 5.02. The molecule has 1 aromatic carbocycles. The second-order valence-electron chi connectivity index (χ2n) is 6.06. The molecule has 3 rings (SSSR count). The van der Waals surface area contributed by atoms with E-state index >= 15 is 0 Å². The van der Waals surface area contributed by atoms with Gasteiger partial charge in [-0.25, -0.2) is 4.98 Å². The minimum absolute atomic E-state index is 0.130. The summed E-state index contributed by atoms with van der Waals surface area (Å²) in [4.78, 5) is 20.4. The maximum atomic E-state index is 12.4. The molecular weight excluding hydrogens is 322 g/mol. The fraction of sp³-hybridized carbons (Fsp3) is 0.444. The average Bonchev–Trinajstić information content (AvgIpc) is 2.97. The molecule has 1 aliphatic rings. The fourth-order valence-corrected chi connectivity index (χ4v) is 3.67. The summed E-state index contributed by atoms with van der Waals surface area (Å²) in [6.45, 7) is 4.77. The first-order chi connectivity index (χ1) is 11.7. The first-order valence-electron chi connectivity index (χ1n) is 8.37. The number of likely N-dealkylation sites (N-methyl/N-ethyl adjacent to an activating group) is 1. The van der Waals surface area contributed by atoms with Gasteiger partial charge < -0.3 is 9.64 Å². The van der Waals surface area contributed by atoms with Crippen LogP contribution in [0.3, 0.4) is 0 Å². The van der Waals surface area contributed by atoms with Crippen molar-refractivity contribution in [1.29, 1.82) is 0 Å². The predicted octanol–water partition coefficient (Wildman–Crippen LogP) is 3.56. The van der Waals surface area contributed by atoms with Crippen LogP contribution in [-0.2, 0) is 13.0 Å². The summed E-state index contributed by atoms with van der Waals surface area (Å²) >= 11 is 1.57. The van der Waals surface area contributed by atoms with Crippen LogP contribution in [-0.4, -0.2) is 36.0 Å². The summed E-state index contributed by atoms with van der Waals surface area (Å²) < 4.78 is 5.62. The number of thiazole rings is 1. The highest BCUT2D eigenvalue weighted by molar-refractivity contribution is 7.15. The number of nitrogens with zero attached hydrogens (tertiary/aromatic N) is 2. The van der Waals surface area contributed by atoms with Crippen molar-refractivity contribution in [3.05, 3.63) is 40.4 Å². The fourth-order valence-electron chi connectivity index (χ4n) is 2.58. The highest BCUT2D eigenvalue weighted by Crippen LogP contribution is 2.28. The maximum Gasteiger partial charge on any atom is 0.257 e. The van der Waals surface area contributed by atoms with Crippen LogP contribution >= 0.6 is 11.3 Å². The monoisotopic (exact) mass is 345 g/mol. The summed E-state index contributed by atoms with van der Waals surface area (Å²) in [6.07, 6.45) is 3.09. The van der Waals surface area contributed by atoms with Gasteiger partial charge in [0.15, 0.2) is 5.13 Å². The Balaban J connectivity index is 1.60. The van der Waals surface area contributed by atoms with E-state index in [1.165, 1.54) is 4.88 Å². The molecule has 1 amide bonds. The molecule has 0 spiro atoms. The predicted molar refractivity (Wildman–Crippen MR) is 97.0 cm³/mol. The number of unbranched alkanes of at least 4 members (excludes halogenated alkanes) is 1. The molecule has 2 heterocycles. The van der Waals surface area contributed by atoms with Crippen molar-refractivity contribution in [2.75, 3.05) is 25.5 Å². The number of carbonyl (C=O) groups excluding carboxylic acids is 1. The lowest BCUT2D eigenvalue weighted by Crippen LogP contribution is -2.25. The first-order valence-corrected chi connectivity index (χ1v) is 9.18. The molecule has 1 N–H and O–H groups in total. The summed E-state index contributed by atoms with van der Waals surface area (Å²) in [7, 11) is 2.10. The molecule has 128 valence electrons. The van der Waals surface area contributed by atoms with E-state index in [-0.39, 0.29) is 5.91 Å². The minimum atomic E-state index is -0.130. The molecule has 0 fully saturated rings. The topological polar surface area (TPSA) is 54.5 Å². The molecule has 0 radical (unpaired) electrons. The quantitative estimate of drug-likeness (QED) is 0.813. The number of fused-ring (bicyclic) bond motifs is 1. The summed E-state index contributed by atoms with van der Waals surface area (Å²) in [5.41, 5.74) is 1.73. The van der Waals surface area contributed by atoms with Gasteiger partial charge >= 0.3 is 0 Å². The number of carbonyl (C=O) groups is 1. The van der Waals surface area contributed by atoms with Crippen LogP contribution in [0.15, 0.2) is 24.3 Å². The van der Waals surface area contributed by atoms with E-state index in [0.717, 1.165) is 43.8 Å². The molecular formula is C18H23N3O2S. The lowest BCUT2D eigenvalue weighted by molar-refractivity contribution is 0.102. The third kappa shape index (κ3) is 4.13. The van der Waals surface area contributed by atoms with Crippen molar-refractivity contribution in [1.82, 2.24) is 9.88 Å². The van der Waals surface area contributed by atoms with Crippen molar-refractivity contribution in [2.45, 2.75) is 32.7 Å². The van der Waals surface area contributed by atoms with Crippen LogP contribution in [0, 0.1) is 0 Å². The van der Waals surface area contributed by atoms with Gasteiger partial charge in [-0.2, -0.15) is 0 Å². The Morgan fingerprint density at radius 2 is 2.17 bits per heavy atom. The van der Waals surface area contributed by atoms with E-state index in [9.17, 15) is 4.79 Å². The zero-order valence-electron chi connectivity index (χ0n) is 14.2. The number of amides is 1.